The molecular weight excluding hydrogens is 356 g/mol. The molecule has 0 amide bonds. The molecule has 1 aliphatic rings. The molecule has 1 fully saturated rings. The fraction of sp³-hybridized carbons (Fsp3) is 0.632. The van der Waals surface area contributed by atoms with Crippen molar-refractivity contribution in [2.45, 2.75) is 56.2 Å². The molecule has 1 aliphatic carbocycles. The standard InChI is InChI=1S/C19H27BrO3/c1-13-9-19(23-3)17(11-18(13)22-2)16(10-15(20)12-21)14-7-5-4-6-8-14/h9,11-12,14-16H,4-8,10H2,1-3H3. The molecule has 0 radical (unpaired) electrons. The van der Waals surface area contributed by atoms with E-state index in [0.717, 1.165) is 29.8 Å². The number of aldehydes is 1. The van der Waals surface area contributed by atoms with Crippen molar-refractivity contribution < 1.29 is 14.3 Å². The zero-order valence-electron chi connectivity index (χ0n) is 14.3. The second-order valence-corrected chi connectivity index (χ2v) is 7.63. The van der Waals surface area contributed by atoms with Crippen LogP contribution in [0.15, 0.2) is 12.1 Å². The maximum absolute atomic E-state index is 11.2. The molecule has 0 bridgehead atoms. The molecule has 0 aromatic heterocycles. The van der Waals surface area contributed by atoms with Crippen LogP contribution in [0.25, 0.3) is 0 Å². The lowest BCUT2D eigenvalue weighted by atomic mass is 9.74. The molecule has 2 rings (SSSR count). The van der Waals surface area contributed by atoms with E-state index in [4.69, 9.17) is 9.47 Å². The second kappa shape index (κ2) is 8.72. The number of carbonyl (C=O) groups is 1. The molecule has 0 heterocycles. The Hall–Kier alpha value is -1.03. The number of alkyl halides is 1. The third-order valence-corrected chi connectivity index (χ3v) is 5.58. The van der Waals surface area contributed by atoms with Gasteiger partial charge in [0.15, 0.2) is 0 Å². The normalized spacial score (nSPS) is 18.3. The number of hydrogen-bond acceptors (Lipinski definition) is 3. The van der Waals surface area contributed by atoms with Crippen LogP contribution in [0.3, 0.4) is 0 Å². The summed E-state index contributed by atoms with van der Waals surface area (Å²) in [5.41, 5.74) is 2.24. The summed E-state index contributed by atoms with van der Waals surface area (Å²) in [5, 5.41) is 0. The second-order valence-electron chi connectivity index (χ2n) is 6.46. The van der Waals surface area contributed by atoms with Gasteiger partial charge in [0.25, 0.3) is 0 Å². The average Bonchev–Trinajstić information content (AvgIpc) is 2.60. The van der Waals surface area contributed by atoms with Crippen LogP contribution in [0.1, 0.15) is 55.6 Å². The maximum Gasteiger partial charge on any atom is 0.133 e. The Morgan fingerprint density at radius 1 is 1.17 bits per heavy atom. The fourth-order valence-electron chi connectivity index (χ4n) is 3.77. The van der Waals surface area contributed by atoms with Crippen LogP contribution in [0.2, 0.25) is 0 Å². The molecule has 0 spiro atoms. The highest BCUT2D eigenvalue weighted by Gasteiger charge is 2.29. The van der Waals surface area contributed by atoms with Gasteiger partial charge in [0.05, 0.1) is 19.0 Å². The molecule has 1 aromatic rings. The van der Waals surface area contributed by atoms with E-state index in [1.165, 1.54) is 37.7 Å². The average molecular weight is 383 g/mol. The molecule has 4 heteroatoms. The predicted molar refractivity (Wildman–Crippen MR) is 97.0 cm³/mol. The van der Waals surface area contributed by atoms with Crippen molar-refractivity contribution in [3.8, 4) is 11.5 Å². The summed E-state index contributed by atoms with van der Waals surface area (Å²) in [6, 6.07) is 4.16. The van der Waals surface area contributed by atoms with E-state index in [0.29, 0.717) is 11.8 Å². The van der Waals surface area contributed by atoms with Crippen molar-refractivity contribution in [1.29, 1.82) is 0 Å². The van der Waals surface area contributed by atoms with Gasteiger partial charge in [-0.3, -0.25) is 0 Å². The smallest absolute Gasteiger partial charge is 0.133 e. The summed E-state index contributed by atoms with van der Waals surface area (Å²) < 4.78 is 11.2. The van der Waals surface area contributed by atoms with Crippen molar-refractivity contribution in [3.05, 3.63) is 23.3 Å². The number of benzene rings is 1. The lowest BCUT2D eigenvalue weighted by molar-refractivity contribution is -0.107. The molecule has 2 atom stereocenters. The molecule has 1 saturated carbocycles. The zero-order valence-corrected chi connectivity index (χ0v) is 15.9. The van der Waals surface area contributed by atoms with Crippen molar-refractivity contribution in [2.75, 3.05) is 14.2 Å². The molecule has 0 aliphatic heterocycles. The van der Waals surface area contributed by atoms with E-state index in [1.54, 1.807) is 14.2 Å². The van der Waals surface area contributed by atoms with Crippen LogP contribution in [-0.4, -0.2) is 25.3 Å². The van der Waals surface area contributed by atoms with E-state index in [1.807, 2.05) is 13.0 Å². The van der Waals surface area contributed by atoms with Gasteiger partial charge in [0.1, 0.15) is 17.8 Å². The summed E-state index contributed by atoms with van der Waals surface area (Å²) >= 11 is 3.50. The van der Waals surface area contributed by atoms with Gasteiger partial charge in [-0.05, 0) is 55.7 Å². The van der Waals surface area contributed by atoms with Crippen LogP contribution < -0.4 is 9.47 Å². The van der Waals surface area contributed by atoms with E-state index in [2.05, 4.69) is 22.0 Å². The van der Waals surface area contributed by atoms with E-state index >= 15 is 0 Å². The van der Waals surface area contributed by atoms with Gasteiger partial charge in [-0.25, -0.2) is 0 Å². The first-order valence-corrected chi connectivity index (χ1v) is 9.34. The topological polar surface area (TPSA) is 35.5 Å². The fourth-order valence-corrected chi connectivity index (χ4v) is 4.17. The largest absolute Gasteiger partial charge is 0.496 e. The van der Waals surface area contributed by atoms with Gasteiger partial charge in [-0.15, -0.1) is 0 Å². The summed E-state index contributed by atoms with van der Waals surface area (Å²) in [5.74, 6) is 2.71. The minimum Gasteiger partial charge on any atom is -0.496 e. The van der Waals surface area contributed by atoms with Crippen LogP contribution >= 0.6 is 15.9 Å². The first-order valence-electron chi connectivity index (χ1n) is 8.42. The molecule has 0 saturated heterocycles. The Balaban J connectivity index is 2.41. The Kier molecular flexibility index (Phi) is 6.94. The molecule has 0 N–H and O–H groups in total. The highest BCUT2D eigenvalue weighted by molar-refractivity contribution is 9.09. The third-order valence-electron chi connectivity index (χ3n) is 4.99. The van der Waals surface area contributed by atoms with Crippen molar-refractivity contribution in [1.82, 2.24) is 0 Å². The van der Waals surface area contributed by atoms with Gasteiger partial charge in [-0.2, -0.15) is 0 Å². The monoisotopic (exact) mass is 382 g/mol. The number of ether oxygens (including phenoxy) is 2. The van der Waals surface area contributed by atoms with Gasteiger partial charge in [0.2, 0.25) is 0 Å². The number of rotatable bonds is 7. The van der Waals surface area contributed by atoms with Crippen LogP contribution in [0.5, 0.6) is 11.5 Å². The minimum absolute atomic E-state index is 0.119. The van der Waals surface area contributed by atoms with E-state index in [-0.39, 0.29) is 4.83 Å². The molecule has 1 aromatic carbocycles. The zero-order chi connectivity index (χ0) is 16.8. The van der Waals surface area contributed by atoms with Gasteiger partial charge in [0, 0.05) is 5.56 Å². The molecular formula is C19H27BrO3. The van der Waals surface area contributed by atoms with Gasteiger partial charge in [-0.1, -0.05) is 35.2 Å². The lowest BCUT2D eigenvalue weighted by Crippen LogP contribution is -2.21. The number of halogens is 1. The first kappa shape index (κ1) is 18.3. The number of hydrogen-bond donors (Lipinski definition) is 0. The molecule has 128 valence electrons. The molecule has 2 unspecified atom stereocenters. The minimum atomic E-state index is -0.119. The maximum atomic E-state index is 11.2. The Morgan fingerprint density at radius 3 is 2.39 bits per heavy atom. The van der Waals surface area contributed by atoms with Gasteiger partial charge >= 0.3 is 0 Å². The molecule has 23 heavy (non-hydrogen) atoms. The summed E-state index contributed by atoms with van der Waals surface area (Å²) in [6.45, 7) is 2.03. The quantitative estimate of drug-likeness (QED) is 0.490. The van der Waals surface area contributed by atoms with E-state index < -0.39 is 0 Å². The first-order chi connectivity index (χ1) is 11.1. The highest BCUT2D eigenvalue weighted by atomic mass is 79.9. The molecule has 3 nitrogen and oxygen atoms in total. The van der Waals surface area contributed by atoms with Crippen molar-refractivity contribution >= 4 is 22.2 Å². The van der Waals surface area contributed by atoms with Crippen LogP contribution in [0.4, 0.5) is 0 Å². The van der Waals surface area contributed by atoms with Crippen molar-refractivity contribution in [2.24, 2.45) is 5.92 Å². The third kappa shape index (κ3) is 4.50. The number of carbonyl (C=O) groups excluding carboxylic acids is 1. The SMILES string of the molecule is COc1cc(C(CC(Br)C=O)C2CCCCC2)c(OC)cc1C. The summed E-state index contributed by atoms with van der Waals surface area (Å²) in [7, 11) is 3.42. The van der Waals surface area contributed by atoms with Crippen molar-refractivity contribution in [3.63, 3.8) is 0 Å². The lowest BCUT2D eigenvalue weighted by Gasteiger charge is -2.32. The summed E-state index contributed by atoms with van der Waals surface area (Å²) in [6.07, 6.45) is 8.12. The highest BCUT2D eigenvalue weighted by Crippen LogP contribution is 2.44. The Morgan fingerprint density at radius 2 is 1.83 bits per heavy atom. The van der Waals surface area contributed by atoms with E-state index in [9.17, 15) is 4.79 Å². The summed E-state index contributed by atoms with van der Waals surface area (Å²) in [4.78, 5) is 11.1. The van der Waals surface area contributed by atoms with Gasteiger partial charge < -0.3 is 14.3 Å². The number of methoxy groups -OCH3 is 2. The van der Waals surface area contributed by atoms with Crippen LogP contribution in [-0.2, 0) is 4.79 Å². The predicted octanol–water partition coefficient (Wildman–Crippen LogP) is 5.03. The Labute approximate surface area is 147 Å². The Bertz CT molecular complexity index is 524. The number of aryl methyl sites for hydroxylation is 1. The van der Waals surface area contributed by atoms with Crippen LogP contribution in [0, 0.1) is 12.8 Å².